The maximum absolute atomic E-state index is 11.2. The summed E-state index contributed by atoms with van der Waals surface area (Å²) in [7, 11) is 0. The zero-order chi connectivity index (χ0) is 14.4. The molecule has 0 fully saturated rings. The van der Waals surface area contributed by atoms with Crippen LogP contribution in [0.25, 0.3) is 0 Å². The number of amides is 1. The Morgan fingerprint density at radius 3 is 1.70 bits per heavy atom. The van der Waals surface area contributed by atoms with Gasteiger partial charge in [-0.2, -0.15) is 0 Å². The first-order valence-corrected chi connectivity index (χ1v) is 6.64. The van der Waals surface area contributed by atoms with Crippen LogP contribution < -0.4 is 5.73 Å². The van der Waals surface area contributed by atoms with Crippen LogP contribution in [0.5, 0.6) is 0 Å². The molecule has 3 heteroatoms. The van der Waals surface area contributed by atoms with E-state index in [9.17, 15) is 4.79 Å². The van der Waals surface area contributed by atoms with Crippen LogP contribution in [0.4, 0.5) is 4.79 Å². The molecule has 1 amide bonds. The molecule has 0 unspecified atom stereocenters. The van der Waals surface area contributed by atoms with Gasteiger partial charge in [0.15, 0.2) is 0 Å². The Bertz CT molecular complexity index is 510. The minimum atomic E-state index is -0.737. The Kier molecular flexibility index (Phi) is 4.41. The van der Waals surface area contributed by atoms with E-state index < -0.39 is 11.7 Å². The van der Waals surface area contributed by atoms with E-state index in [1.54, 1.807) is 0 Å². The van der Waals surface area contributed by atoms with Crippen molar-refractivity contribution in [3.05, 3.63) is 71.8 Å². The van der Waals surface area contributed by atoms with Gasteiger partial charge < -0.3 is 10.5 Å². The lowest BCUT2D eigenvalue weighted by atomic mass is 9.89. The van der Waals surface area contributed by atoms with Crippen molar-refractivity contribution < 1.29 is 9.53 Å². The summed E-state index contributed by atoms with van der Waals surface area (Å²) in [6, 6.07) is 19.9. The van der Waals surface area contributed by atoms with Crippen molar-refractivity contribution in [1.82, 2.24) is 0 Å². The lowest BCUT2D eigenvalue weighted by molar-refractivity contribution is 0.0316. The number of nitrogens with two attached hydrogens (primary N) is 1. The van der Waals surface area contributed by atoms with Crippen LogP contribution in [-0.4, -0.2) is 11.7 Å². The van der Waals surface area contributed by atoms with Gasteiger partial charge in [-0.25, -0.2) is 4.79 Å². The van der Waals surface area contributed by atoms with Gasteiger partial charge in [0.25, 0.3) is 0 Å². The van der Waals surface area contributed by atoms with E-state index in [4.69, 9.17) is 10.5 Å². The normalized spacial score (nSPS) is 11.1. The molecule has 2 rings (SSSR count). The van der Waals surface area contributed by atoms with Gasteiger partial charge in [0.1, 0.15) is 5.60 Å². The smallest absolute Gasteiger partial charge is 0.405 e. The number of benzene rings is 2. The standard InChI is InChI=1S/C17H19NO2/c1-17(20-16(18)19,12-14-8-4-2-5-9-14)13-15-10-6-3-7-11-15/h2-11H,12-13H2,1H3,(H2,18,19). The molecule has 3 nitrogen and oxygen atoms in total. The third kappa shape index (κ3) is 4.12. The van der Waals surface area contributed by atoms with Crippen molar-refractivity contribution in [2.75, 3.05) is 0 Å². The molecule has 0 heterocycles. The second-order valence-electron chi connectivity index (χ2n) is 5.20. The molecule has 104 valence electrons. The first-order chi connectivity index (χ1) is 9.57. The summed E-state index contributed by atoms with van der Waals surface area (Å²) < 4.78 is 5.38. The SMILES string of the molecule is CC(Cc1ccccc1)(Cc1ccccc1)OC(N)=O. The highest BCUT2D eigenvalue weighted by Gasteiger charge is 2.28. The van der Waals surface area contributed by atoms with Crippen LogP contribution in [0.2, 0.25) is 0 Å². The van der Waals surface area contributed by atoms with Crippen molar-refractivity contribution in [3.63, 3.8) is 0 Å². The van der Waals surface area contributed by atoms with Crippen molar-refractivity contribution in [2.24, 2.45) is 5.73 Å². The van der Waals surface area contributed by atoms with Gasteiger partial charge in [-0.15, -0.1) is 0 Å². The largest absolute Gasteiger partial charge is 0.443 e. The molecule has 2 N–H and O–H groups in total. The summed E-state index contributed by atoms with van der Waals surface area (Å²) in [5.41, 5.74) is 6.82. The molecular formula is C17H19NO2. The highest BCUT2D eigenvalue weighted by Crippen LogP contribution is 2.23. The Hall–Kier alpha value is -2.29. The maximum atomic E-state index is 11.2. The van der Waals surface area contributed by atoms with Crippen molar-refractivity contribution >= 4 is 6.09 Å². The molecule has 2 aromatic carbocycles. The van der Waals surface area contributed by atoms with E-state index in [0.717, 1.165) is 11.1 Å². The van der Waals surface area contributed by atoms with Crippen LogP contribution in [0.3, 0.4) is 0 Å². The molecule has 0 bridgehead atoms. The molecule has 0 radical (unpaired) electrons. The number of carbonyl (C=O) groups is 1. The molecular weight excluding hydrogens is 250 g/mol. The van der Waals surface area contributed by atoms with Gasteiger partial charge in [0.05, 0.1) is 0 Å². The van der Waals surface area contributed by atoms with E-state index in [2.05, 4.69) is 0 Å². The number of rotatable bonds is 5. The summed E-state index contributed by atoms with van der Waals surface area (Å²) >= 11 is 0. The highest BCUT2D eigenvalue weighted by atomic mass is 16.6. The Labute approximate surface area is 119 Å². The summed E-state index contributed by atoms with van der Waals surface area (Å²) in [4.78, 5) is 11.2. The molecule has 0 saturated heterocycles. The predicted molar refractivity (Wildman–Crippen MR) is 79.4 cm³/mol. The fraction of sp³-hybridized carbons (Fsp3) is 0.235. The average Bonchev–Trinajstić information content (AvgIpc) is 2.39. The minimum absolute atomic E-state index is 0.631. The number of hydrogen-bond donors (Lipinski definition) is 1. The number of ether oxygens (including phenoxy) is 1. The topological polar surface area (TPSA) is 52.3 Å². The third-order valence-corrected chi connectivity index (χ3v) is 3.19. The zero-order valence-corrected chi connectivity index (χ0v) is 11.6. The van der Waals surface area contributed by atoms with Gasteiger partial charge in [0, 0.05) is 12.8 Å². The lowest BCUT2D eigenvalue weighted by Crippen LogP contribution is -2.38. The molecule has 0 atom stereocenters. The van der Waals surface area contributed by atoms with E-state index in [1.165, 1.54) is 0 Å². The van der Waals surface area contributed by atoms with E-state index >= 15 is 0 Å². The van der Waals surface area contributed by atoms with E-state index in [0.29, 0.717) is 12.8 Å². The first kappa shape index (κ1) is 14.1. The quantitative estimate of drug-likeness (QED) is 0.905. The van der Waals surface area contributed by atoms with Crippen molar-refractivity contribution in [3.8, 4) is 0 Å². The fourth-order valence-electron chi connectivity index (χ4n) is 2.43. The molecule has 0 aliphatic rings. The monoisotopic (exact) mass is 269 g/mol. The van der Waals surface area contributed by atoms with Crippen LogP contribution in [0.15, 0.2) is 60.7 Å². The Morgan fingerprint density at radius 1 is 0.950 bits per heavy atom. The molecule has 0 aliphatic heterocycles. The van der Waals surface area contributed by atoms with Gasteiger partial charge >= 0.3 is 6.09 Å². The maximum Gasteiger partial charge on any atom is 0.405 e. The van der Waals surface area contributed by atoms with Gasteiger partial charge in [-0.3, -0.25) is 0 Å². The molecule has 20 heavy (non-hydrogen) atoms. The third-order valence-electron chi connectivity index (χ3n) is 3.19. The second-order valence-corrected chi connectivity index (χ2v) is 5.20. The molecule has 0 saturated carbocycles. The van der Waals surface area contributed by atoms with Crippen molar-refractivity contribution in [2.45, 2.75) is 25.4 Å². The van der Waals surface area contributed by atoms with Crippen LogP contribution in [0, 0.1) is 0 Å². The number of hydrogen-bond acceptors (Lipinski definition) is 2. The number of carbonyl (C=O) groups excluding carboxylic acids is 1. The second kappa shape index (κ2) is 6.24. The molecule has 0 aromatic heterocycles. The predicted octanol–water partition coefficient (Wildman–Crippen LogP) is 3.33. The van der Waals surface area contributed by atoms with Crippen LogP contribution in [0.1, 0.15) is 18.1 Å². The summed E-state index contributed by atoms with van der Waals surface area (Å²) in [6.07, 6.45) is 0.525. The summed E-state index contributed by atoms with van der Waals surface area (Å²) in [6.45, 7) is 1.91. The van der Waals surface area contributed by atoms with Gasteiger partial charge in [-0.05, 0) is 18.1 Å². The van der Waals surface area contributed by atoms with Gasteiger partial charge in [-0.1, -0.05) is 60.7 Å². The Morgan fingerprint density at radius 2 is 1.35 bits per heavy atom. The average molecular weight is 269 g/mol. The number of primary amides is 1. The van der Waals surface area contributed by atoms with Gasteiger partial charge in [0.2, 0.25) is 0 Å². The fourth-order valence-corrected chi connectivity index (χ4v) is 2.43. The Balaban J connectivity index is 2.19. The zero-order valence-electron chi connectivity index (χ0n) is 11.6. The molecule has 0 spiro atoms. The highest BCUT2D eigenvalue weighted by molar-refractivity contribution is 5.65. The molecule has 0 aliphatic carbocycles. The lowest BCUT2D eigenvalue weighted by Gasteiger charge is -2.29. The summed E-state index contributed by atoms with van der Waals surface area (Å²) in [5, 5.41) is 0. The minimum Gasteiger partial charge on any atom is -0.443 e. The first-order valence-electron chi connectivity index (χ1n) is 6.64. The van der Waals surface area contributed by atoms with Crippen molar-refractivity contribution in [1.29, 1.82) is 0 Å². The van der Waals surface area contributed by atoms with E-state index in [1.807, 2.05) is 67.6 Å². The van der Waals surface area contributed by atoms with Crippen LogP contribution in [-0.2, 0) is 17.6 Å². The summed E-state index contributed by atoms with van der Waals surface area (Å²) in [5.74, 6) is 0. The van der Waals surface area contributed by atoms with Crippen LogP contribution >= 0.6 is 0 Å². The van der Waals surface area contributed by atoms with E-state index in [-0.39, 0.29) is 0 Å². The molecule has 2 aromatic rings.